The monoisotopic (exact) mass is 463 g/mol. The van der Waals surface area contributed by atoms with E-state index in [9.17, 15) is 9.59 Å². The van der Waals surface area contributed by atoms with E-state index in [1.54, 1.807) is 37.7 Å². The summed E-state index contributed by atoms with van der Waals surface area (Å²) in [5.74, 6) is 3.28. The lowest BCUT2D eigenvalue weighted by atomic mass is 9.49. The minimum Gasteiger partial charge on any atom is -0.493 e. The highest BCUT2D eigenvalue weighted by Gasteiger charge is 2.51. The normalized spacial score (nSPS) is 26.7. The first kappa shape index (κ1) is 22.7. The summed E-state index contributed by atoms with van der Waals surface area (Å²) in [6.07, 6.45) is 11.6. The van der Waals surface area contributed by atoms with Crippen LogP contribution in [0, 0.1) is 23.2 Å². The molecule has 34 heavy (non-hydrogen) atoms. The molecule has 2 aromatic rings. The number of methoxy groups -OCH3 is 1. The molecule has 7 nitrogen and oxygen atoms in total. The van der Waals surface area contributed by atoms with Crippen LogP contribution in [0.2, 0.25) is 0 Å². The first-order valence-corrected chi connectivity index (χ1v) is 12.3. The third kappa shape index (κ3) is 5.18. The minimum atomic E-state index is -0.260. The van der Waals surface area contributed by atoms with Gasteiger partial charge in [0.05, 0.1) is 13.7 Å². The minimum absolute atomic E-state index is 0.00629. The van der Waals surface area contributed by atoms with E-state index in [0.29, 0.717) is 30.2 Å². The average molecular weight is 464 g/mol. The van der Waals surface area contributed by atoms with Crippen LogP contribution in [0.1, 0.15) is 50.5 Å². The smallest absolute Gasteiger partial charge is 0.243 e. The highest BCUT2D eigenvalue weighted by atomic mass is 16.5. The number of nitrogens with one attached hydrogen (secondary N) is 2. The number of ether oxygens (including phenoxy) is 2. The maximum Gasteiger partial charge on any atom is 0.243 e. The van der Waals surface area contributed by atoms with Crippen LogP contribution < -0.4 is 20.1 Å². The van der Waals surface area contributed by atoms with Gasteiger partial charge in [0.2, 0.25) is 11.8 Å². The van der Waals surface area contributed by atoms with E-state index in [0.717, 1.165) is 23.3 Å². The Labute approximate surface area is 200 Å². The van der Waals surface area contributed by atoms with Crippen molar-refractivity contribution in [3.05, 3.63) is 48.3 Å². The Kier molecular flexibility index (Phi) is 6.44. The number of carbonyl (C=O) groups excluding carboxylic acids is 2. The van der Waals surface area contributed by atoms with Gasteiger partial charge < -0.3 is 20.1 Å². The van der Waals surface area contributed by atoms with Gasteiger partial charge in [0.25, 0.3) is 0 Å². The maximum atomic E-state index is 12.7. The summed E-state index contributed by atoms with van der Waals surface area (Å²) < 4.78 is 11.3. The van der Waals surface area contributed by atoms with Crippen molar-refractivity contribution in [3.63, 3.8) is 0 Å². The fraction of sp³-hybridized carbons (Fsp3) is 0.519. The van der Waals surface area contributed by atoms with Gasteiger partial charge in [-0.1, -0.05) is 0 Å². The van der Waals surface area contributed by atoms with Crippen LogP contribution in [0.5, 0.6) is 11.5 Å². The summed E-state index contributed by atoms with van der Waals surface area (Å²) >= 11 is 0. The van der Waals surface area contributed by atoms with Crippen molar-refractivity contribution >= 4 is 17.5 Å². The highest BCUT2D eigenvalue weighted by molar-refractivity contribution is 5.94. The lowest BCUT2D eigenvalue weighted by molar-refractivity contribution is -0.131. The number of anilines is 1. The molecule has 1 heterocycles. The van der Waals surface area contributed by atoms with Crippen LogP contribution in [0.3, 0.4) is 0 Å². The zero-order chi connectivity index (χ0) is 23.5. The Bertz CT molecular complexity index is 1000. The summed E-state index contributed by atoms with van der Waals surface area (Å²) in [5, 5.41) is 5.70. The Morgan fingerprint density at radius 1 is 0.971 bits per heavy atom. The molecule has 6 rings (SSSR count). The van der Waals surface area contributed by atoms with Gasteiger partial charge in [-0.05, 0) is 91.5 Å². The molecular weight excluding hydrogens is 430 g/mol. The summed E-state index contributed by atoms with van der Waals surface area (Å²) in [4.78, 5) is 29.2. The number of carbonyl (C=O) groups is 2. The second-order valence-corrected chi connectivity index (χ2v) is 10.4. The standard InChI is InChI=1S/C27H33N3O4/c1-33-23-3-2-22(11-24(23)34-17-18-4-6-28-7-5-18)30-26(32)16-29-25(31)15-27-12-19-8-20(13-27)10-21(9-19)14-27/h2-7,11,19-21H,8-10,12-17H2,1H3,(H,29,31)(H,30,32). The lowest BCUT2D eigenvalue weighted by Crippen LogP contribution is -2.48. The molecule has 4 bridgehead atoms. The molecule has 4 fully saturated rings. The molecule has 2 amide bonds. The van der Waals surface area contributed by atoms with Gasteiger partial charge in [-0.25, -0.2) is 0 Å². The molecule has 0 atom stereocenters. The van der Waals surface area contributed by atoms with Gasteiger partial charge in [0.15, 0.2) is 11.5 Å². The zero-order valence-corrected chi connectivity index (χ0v) is 19.7. The van der Waals surface area contributed by atoms with Crippen molar-refractivity contribution in [2.75, 3.05) is 19.0 Å². The molecule has 0 saturated heterocycles. The quantitative estimate of drug-likeness (QED) is 0.578. The molecule has 4 aliphatic carbocycles. The van der Waals surface area contributed by atoms with Gasteiger partial charge >= 0.3 is 0 Å². The van der Waals surface area contributed by atoms with E-state index in [1.165, 1.54) is 38.5 Å². The second-order valence-electron chi connectivity index (χ2n) is 10.4. The van der Waals surface area contributed by atoms with Crippen molar-refractivity contribution in [2.45, 2.75) is 51.6 Å². The predicted octanol–water partition coefficient (Wildman–Crippen LogP) is 4.33. The first-order chi connectivity index (χ1) is 16.5. The van der Waals surface area contributed by atoms with E-state index in [-0.39, 0.29) is 23.8 Å². The van der Waals surface area contributed by atoms with Crippen LogP contribution in [0.25, 0.3) is 0 Å². The Balaban J connectivity index is 1.13. The fourth-order valence-electron chi connectivity index (χ4n) is 6.80. The van der Waals surface area contributed by atoms with Crippen molar-refractivity contribution in [2.24, 2.45) is 23.2 Å². The van der Waals surface area contributed by atoms with E-state index in [4.69, 9.17) is 9.47 Å². The summed E-state index contributed by atoms with van der Waals surface area (Å²) in [5.41, 5.74) is 1.74. The third-order valence-electron chi connectivity index (χ3n) is 7.74. The largest absolute Gasteiger partial charge is 0.493 e. The van der Waals surface area contributed by atoms with Crippen molar-refractivity contribution < 1.29 is 19.1 Å². The molecule has 4 aliphatic rings. The Morgan fingerprint density at radius 3 is 2.29 bits per heavy atom. The lowest BCUT2D eigenvalue weighted by Gasteiger charge is -2.56. The number of aromatic nitrogens is 1. The van der Waals surface area contributed by atoms with Gasteiger partial charge in [-0.2, -0.15) is 0 Å². The SMILES string of the molecule is COc1ccc(NC(=O)CNC(=O)CC23CC4CC(CC(C4)C2)C3)cc1OCc1ccncc1. The number of pyridine rings is 1. The molecule has 1 aromatic heterocycles. The van der Waals surface area contributed by atoms with Gasteiger partial charge in [0.1, 0.15) is 6.61 Å². The maximum absolute atomic E-state index is 12.7. The van der Waals surface area contributed by atoms with Crippen molar-refractivity contribution in [1.29, 1.82) is 0 Å². The first-order valence-electron chi connectivity index (χ1n) is 12.3. The van der Waals surface area contributed by atoms with Gasteiger partial charge in [-0.15, -0.1) is 0 Å². The van der Waals surface area contributed by atoms with Crippen LogP contribution in [0.4, 0.5) is 5.69 Å². The fourth-order valence-corrected chi connectivity index (χ4v) is 6.80. The van der Waals surface area contributed by atoms with E-state index >= 15 is 0 Å². The number of hydrogen-bond acceptors (Lipinski definition) is 5. The number of nitrogens with zero attached hydrogens (tertiary/aromatic N) is 1. The molecule has 0 spiro atoms. The Morgan fingerprint density at radius 2 is 1.65 bits per heavy atom. The van der Waals surface area contributed by atoms with Crippen LogP contribution in [-0.4, -0.2) is 30.5 Å². The summed E-state index contributed by atoms with van der Waals surface area (Å²) in [7, 11) is 1.58. The van der Waals surface area contributed by atoms with Gasteiger partial charge in [0, 0.05) is 30.6 Å². The number of rotatable bonds is 9. The van der Waals surface area contributed by atoms with Gasteiger partial charge in [-0.3, -0.25) is 14.6 Å². The zero-order valence-electron chi connectivity index (χ0n) is 19.7. The average Bonchev–Trinajstić information content (AvgIpc) is 2.81. The van der Waals surface area contributed by atoms with Crippen molar-refractivity contribution in [1.82, 2.24) is 10.3 Å². The predicted molar refractivity (Wildman–Crippen MR) is 128 cm³/mol. The molecule has 4 saturated carbocycles. The molecule has 0 unspecified atom stereocenters. The molecule has 1 aromatic carbocycles. The number of amides is 2. The van der Waals surface area contributed by atoms with E-state index in [1.807, 2.05) is 12.1 Å². The summed E-state index contributed by atoms with van der Waals surface area (Å²) in [6, 6.07) is 9.00. The molecule has 2 N–H and O–H groups in total. The van der Waals surface area contributed by atoms with Crippen molar-refractivity contribution in [3.8, 4) is 11.5 Å². The number of hydrogen-bond donors (Lipinski definition) is 2. The van der Waals surface area contributed by atoms with Crippen LogP contribution in [0.15, 0.2) is 42.7 Å². The third-order valence-corrected chi connectivity index (χ3v) is 7.74. The molecule has 0 aliphatic heterocycles. The molecule has 180 valence electrons. The molecule has 7 heteroatoms. The number of benzene rings is 1. The summed E-state index contributed by atoms with van der Waals surface area (Å²) in [6.45, 7) is 0.321. The van der Waals surface area contributed by atoms with E-state index in [2.05, 4.69) is 15.6 Å². The second kappa shape index (κ2) is 9.65. The molecular formula is C27H33N3O4. The van der Waals surface area contributed by atoms with Crippen LogP contribution in [-0.2, 0) is 16.2 Å². The van der Waals surface area contributed by atoms with E-state index < -0.39 is 0 Å². The topological polar surface area (TPSA) is 89.6 Å². The highest BCUT2D eigenvalue weighted by Crippen LogP contribution is 2.61. The molecule has 0 radical (unpaired) electrons. The Hall–Kier alpha value is -3.09. The van der Waals surface area contributed by atoms with Crippen LogP contribution >= 0.6 is 0 Å².